The van der Waals surface area contributed by atoms with Crippen LogP contribution >= 0.6 is 0 Å². The van der Waals surface area contributed by atoms with E-state index in [1.807, 2.05) is 19.4 Å². The molecule has 2 N–H and O–H groups in total. The van der Waals surface area contributed by atoms with Gasteiger partial charge in [-0.05, 0) is 30.7 Å². The van der Waals surface area contributed by atoms with Gasteiger partial charge in [-0.15, -0.1) is 0 Å². The van der Waals surface area contributed by atoms with Gasteiger partial charge in [0.15, 0.2) is 0 Å². The van der Waals surface area contributed by atoms with Crippen molar-refractivity contribution in [2.45, 2.75) is 46.1 Å². The van der Waals surface area contributed by atoms with Gasteiger partial charge in [-0.3, -0.25) is 0 Å². The summed E-state index contributed by atoms with van der Waals surface area (Å²) in [6.07, 6.45) is 6.78. The lowest BCUT2D eigenvalue weighted by Gasteiger charge is -2.18. The second-order valence-electron chi connectivity index (χ2n) is 5.37. The third-order valence-electron chi connectivity index (χ3n) is 3.10. The van der Waals surface area contributed by atoms with Gasteiger partial charge in [-0.2, -0.15) is 0 Å². The Kier molecular flexibility index (Phi) is 6.05. The summed E-state index contributed by atoms with van der Waals surface area (Å²) >= 11 is 0. The molecule has 0 aromatic carbocycles. The highest BCUT2D eigenvalue weighted by atomic mass is 15.2. The van der Waals surface area contributed by atoms with Gasteiger partial charge in [0.25, 0.3) is 0 Å². The molecule has 1 unspecified atom stereocenters. The largest absolute Gasteiger partial charge is 0.344 e. The molecular formula is C14H26N4. The molecule has 1 aromatic heterocycles. The summed E-state index contributed by atoms with van der Waals surface area (Å²) in [7, 11) is 2.04. The highest BCUT2D eigenvalue weighted by Gasteiger charge is 2.07. The van der Waals surface area contributed by atoms with Crippen molar-refractivity contribution in [3.63, 3.8) is 0 Å². The van der Waals surface area contributed by atoms with Gasteiger partial charge < -0.3 is 10.6 Å². The molecule has 4 nitrogen and oxygen atoms in total. The Morgan fingerprint density at radius 3 is 2.39 bits per heavy atom. The maximum atomic E-state index is 5.92. The predicted molar refractivity (Wildman–Crippen MR) is 76.7 cm³/mol. The molecule has 0 aliphatic heterocycles. The zero-order valence-electron chi connectivity index (χ0n) is 12.1. The third-order valence-corrected chi connectivity index (χ3v) is 3.10. The number of anilines is 1. The monoisotopic (exact) mass is 250 g/mol. The maximum absolute atomic E-state index is 5.92. The van der Waals surface area contributed by atoms with Crippen LogP contribution in [0.1, 0.15) is 39.2 Å². The van der Waals surface area contributed by atoms with E-state index in [2.05, 4.69) is 35.6 Å². The molecule has 4 heteroatoms. The minimum absolute atomic E-state index is 0.207. The van der Waals surface area contributed by atoms with Crippen LogP contribution in [-0.4, -0.2) is 29.6 Å². The normalized spacial score (nSPS) is 12.8. The van der Waals surface area contributed by atoms with E-state index >= 15 is 0 Å². The van der Waals surface area contributed by atoms with Crippen molar-refractivity contribution in [3.8, 4) is 0 Å². The second kappa shape index (κ2) is 7.31. The van der Waals surface area contributed by atoms with Gasteiger partial charge in [-0.1, -0.05) is 20.8 Å². The van der Waals surface area contributed by atoms with E-state index in [4.69, 9.17) is 5.73 Å². The number of aromatic nitrogens is 2. The molecule has 1 atom stereocenters. The standard InChI is InChI=1S/C14H26N4/c1-5-13(15)8-12-9-16-14(17-10-12)18(4)7-6-11(2)3/h9-11,13H,5-8,15H2,1-4H3. The summed E-state index contributed by atoms with van der Waals surface area (Å²) in [5.74, 6) is 1.50. The Morgan fingerprint density at radius 1 is 1.28 bits per heavy atom. The summed E-state index contributed by atoms with van der Waals surface area (Å²) in [4.78, 5) is 10.9. The first-order valence-electron chi connectivity index (χ1n) is 6.80. The average molecular weight is 250 g/mol. The van der Waals surface area contributed by atoms with Crippen LogP contribution < -0.4 is 10.6 Å². The first kappa shape index (κ1) is 14.9. The summed E-state index contributed by atoms with van der Waals surface area (Å²) in [5.41, 5.74) is 7.03. The van der Waals surface area contributed by atoms with Crippen LogP contribution in [0.3, 0.4) is 0 Å². The molecule has 0 amide bonds. The highest BCUT2D eigenvalue weighted by Crippen LogP contribution is 2.09. The molecule has 0 saturated carbocycles. The summed E-state index contributed by atoms with van der Waals surface area (Å²) in [6.45, 7) is 7.54. The van der Waals surface area contributed by atoms with Crippen LogP contribution in [0.25, 0.3) is 0 Å². The Bertz CT molecular complexity index is 334. The molecule has 0 fully saturated rings. The summed E-state index contributed by atoms with van der Waals surface area (Å²) in [6, 6.07) is 0.207. The Labute approximate surface area is 111 Å². The first-order valence-corrected chi connectivity index (χ1v) is 6.80. The van der Waals surface area contributed by atoms with Crippen molar-refractivity contribution < 1.29 is 0 Å². The SMILES string of the molecule is CCC(N)Cc1cnc(N(C)CCC(C)C)nc1. The topological polar surface area (TPSA) is 55.0 Å². The van der Waals surface area contributed by atoms with Crippen LogP contribution in [0.2, 0.25) is 0 Å². The predicted octanol–water partition coefficient (Wildman–Crippen LogP) is 2.24. The van der Waals surface area contributed by atoms with Crippen molar-refractivity contribution in [2.24, 2.45) is 11.7 Å². The lowest BCUT2D eigenvalue weighted by atomic mass is 10.1. The molecular weight excluding hydrogens is 224 g/mol. The molecule has 18 heavy (non-hydrogen) atoms. The Hall–Kier alpha value is -1.16. The fourth-order valence-electron chi connectivity index (χ4n) is 1.65. The van der Waals surface area contributed by atoms with E-state index in [0.29, 0.717) is 5.92 Å². The molecule has 1 rings (SSSR count). The van der Waals surface area contributed by atoms with Gasteiger partial charge >= 0.3 is 0 Å². The van der Waals surface area contributed by atoms with Gasteiger partial charge in [0, 0.05) is 32.0 Å². The van der Waals surface area contributed by atoms with Gasteiger partial charge in [0.05, 0.1) is 0 Å². The van der Waals surface area contributed by atoms with Crippen molar-refractivity contribution in [2.75, 3.05) is 18.5 Å². The quantitative estimate of drug-likeness (QED) is 0.806. The molecule has 1 aromatic rings. The van der Waals surface area contributed by atoms with Gasteiger partial charge in [0.1, 0.15) is 0 Å². The molecule has 0 spiro atoms. The third kappa shape index (κ3) is 5.00. The fourth-order valence-corrected chi connectivity index (χ4v) is 1.65. The molecule has 1 heterocycles. The van der Waals surface area contributed by atoms with E-state index in [1.54, 1.807) is 0 Å². The number of rotatable bonds is 7. The highest BCUT2D eigenvalue weighted by molar-refractivity contribution is 5.28. The lowest BCUT2D eigenvalue weighted by molar-refractivity contribution is 0.581. The van der Waals surface area contributed by atoms with Crippen LogP contribution in [0.15, 0.2) is 12.4 Å². The van der Waals surface area contributed by atoms with E-state index < -0.39 is 0 Å². The zero-order chi connectivity index (χ0) is 13.5. The van der Waals surface area contributed by atoms with Crippen LogP contribution in [-0.2, 0) is 6.42 Å². The van der Waals surface area contributed by atoms with E-state index in [9.17, 15) is 0 Å². The van der Waals surface area contributed by atoms with Gasteiger partial charge in [-0.25, -0.2) is 9.97 Å². The van der Waals surface area contributed by atoms with E-state index in [0.717, 1.165) is 37.3 Å². The summed E-state index contributed by atoms with van der Waals surface area (Å²) in [5, 5.41) is 0. The van der Waals surface area contributed by atoms with Crippen LogP contribution in [0.4, 0.5) is 5.95 Å². The van der Waals surface area contributed by atoms with Crippen molar-refractivity contribution in [3.05, 3.63) is 18.0 Å². The molecule has 0 bridgehead atoms. The second-order valence-corrected chi connectivity index (χ2v) is 5.37. The van der Waals surface area contributed by atoms with E-state index in [-0.39, 0.29) is 6.04 Å². The van der Waals surface area contributed by atoms with E-state index in [1.165, 1.54) is 0 Å². The zero-order valence-corrected chi connectivity index (χ0v) is 12.1. The smallest absolute Gasteiger partial charge is 0.224 e. The molecule has 102 valence electrons. The fraction of sp³-hybridized carbons (Fsp3) is 0.714. The van der Waals surface area contributed by atoms with Crippen LogP contribution in [0.5, 0.6) is 0 Å². The Balaban J connectivity index is 2.53. The number of nitrogens with two attached hydrogens (primary N) is 1. The average Bonchev–Trinajstić information content (AvgIpc) is 2.36. The maximum Gasteiger partial charge on any atom is 0.224 e. The molecule has 0 aliphatic rings. The van der Waals surface area contributed by atoms with Crippen molar-refractivity contribution in [1.82, 2.24) is 9.97 Å². The summed E-state index contributed by atoms with van der Waals surface area (Å²) < 4.78 is 0. The Morgan fingerprint density at radius 2 is 1.89 bits per heavy atom. The molecule has 0 aliphatic carbocycles. The van der Waals surface area contributed by atoms with Gasteiger partial charge in [0.2, 0.25) is 5.95 Å². The van der Waals surface area contributed by atoms with Crippen molar-refractivity contribution >= 4 is 5.95 Å². The molecule has 0 radical (unpaired) electrons. The molecule has 0 saturated heterocycles. The van der Waals surface area contributed by atoms with Crippen LogP contribution in [0, 0.1) is 5.92 Å². The number of nitrogens with zero attached hydrogens (tertiary/aromatic N) is 3. The lowest BCUT2D eigenvalue weighted by Crippen LogP contribution is -2.23. The number of hydrogen-bond donors (Lipinski definition) is 1. The van der Waals surface area contributed by atoms with Crippen molar-refractivity contribution in [1.29, 1.82) is 0 Å². The first-order chi connectivity index (χ1) is 8.52. The minimum atomic E-state index is 0.207. The number of hydrogen-bond acceptors (Lipinski definition) is 4. The minimum Gasteiger partial charge on any atom is -0.344 e.